The Kier molecular flexibility index (Phi) is 7.66. The standard InChI is InChI=1S/C19H17BrN4O4S2/c1-27-14-8-7-11(9-15(14)28-2)21-16(25)10-29-19-24-23-18(30-19)22-17(26)12-5-3-4-6-13(12)20/h3-9H,10H2,1-2H3,(H,21,25)(H,22,23,26). The summed E-state index contributed by atoms with van der Waals surface area (Å²) in [4.78, 5) is 24.5. The largest absolute Gasteiger partial charge is 0.493 e. The van der Waals surface area contributed by atoms with Crippen molar-refractivity contribution in [3.63, 3.8) is 0 Å². The van der Waals surface area contributed by atoms with Crippen LogP contribution in [0.4, 0.5) is 10.8 Å². The van der Waals surface area contributed by atoms with Crippen LogP contribution in [-0.4, -0.2) is 42.0 Å². The van der Waals surface area contributed by atoms with E-state index in [2.05, 4.69) is 36.8 Å². The number of halogens is 1. The second-order valence-corrected chi connectivity index (χ2v) is 8.77. The topological polar surface area (TPSA) is 102 Å². The van der Waals surface area contributed by atoms with Crippen LogP contribution in [0.15, 0.2) is 51.3 Å². The molecule has 0 radical (unpaired) electrons. The number of carbonyl (C=O) groups excluding carboxylic acids is 2. The van der Waals surface area contributed by atoms with E-state index in [0.29, 0.717) is 36.7 Å². The highest BCUT2D eigenvalue weighted by Gasteiger charge is 2.14. The van der Waals surface area contributed by atoms with Crippen molar-refractivity contribution in [2.45, 2.75) is 4.34 Å². The molecule has 0 spiro atoms. The fourth-order valence-corrected chi connectivity index (χ4v) is 4.38. The zero-order valence-electron chi connectivity index (χ0n) is 16.0. The molecule has 3 aromatic rings. The number of hydrogen-bond acceptors (Lipinski definition) is 8. The van der Waals surface area contributed by atoms with E-state index in [4.69, 9.17) is 9.47 Å². The Bertz CT molecular complexity index is 1060. The predicted molar refractivity (Wildman–Crippen MR) is 121 cm³/mol. The van der Waals surface area contributed by atoms with Crippen molar-refractivity contribution in [1.29, 1.82) is 0 Å². The number of hydrogen-bond donors (Lipinski definition) is 2. The number of anilines is 2. The molecule has 3 rings (SSSR count). The molecule has 0 aliphatic rings. The monoisotopic (exact) mass is 508 g/mol. The van der Waals surface area contributed by atoms with E-state index in [1.807, 2.05) is 6.07 Å². The van der Waals surface area contributed by atoms with Crippen molar-refractivity contribution >= 4 is 61.7 Å². The molecule has 30 heavy (non-hydrogen) atoms. The Morgan fingerprint density at radius 2 is 1.83 bits per heavy atom. The van der Waals surface area contributed by atoms with Gasteiger partial charge in [-0.1, -0.05) is 35.2 Å². The van der Waals surface area contributed by atoms with Gasteiger partial charge < -0.3 is 14.8 Å². The van der Waals surface area contributed by atoms with E-state index in [-0.39, 0.29) is 17.6 Å². The summed E-state index contributed by atoms with van der Waals surface area (Å²) in [5.74, 6) is 0.747. The molecule has 2 amide bonds. The van der Waals surface area contributed by atoms with Crippen LogP contribution >= 0.6 is 39.0 Å². The highest BCUT2D eigenvalue weighted by molar-refractivity contribution is 9.10. The lowest BCUT2D eigenvalue weighted by Crippen LogP contribution is -2.14. The minimum absolute atomic E-state index is 0.140. The fourth-order valence-electron chi connectivity index (χ4n) is 2.37. The average molecular weight is 509 g/mol. The van der Waals surface area contributed by atoms with Crippen molar-refractivity contribution in [2.75, 3.05) is 30.6 Å². The summed E-state index contributed by atoms with van der Waals surface area (Å²) in [6, 6.07) is 12.2. The van der Waals surface area contributed by atoms with Crippen LogP contribution in [0, 0.1) is 0 Å². The van der Waals surface area contributed by atoms with Gasteiger partial charge in [0.05, 0.1) is 25.5 Å². The van der Waals surface area contributed by atoms with E-state index in [1.54, 1.807) is 43.5 Å². The average Bonchev–Trinajstić information content (AvgIpc) is 3.19. The van der Waals surface area contributed by atoms with Gasteiger partial charge in [-0.05, 0) is 40.2 Å². The van der Waals surface area contributed by atoms with Gasteiger partial charge in [-0.25, -0.2) is 0 Å². The zero-order valence-corrected chi connectivity index (χ0v) is 19.2. The number of carbonyl (C=O) groups is 2. The van der Waals surface area contributed by atoms with Gasteiger partial charge in [0.15, 0.2) is 15.8 Å². The molecule has 0 saturated carbocycles. The molecule has 0 aliphatic heterocycles. The molecule has 0 bridgehead atoms. The first-order chi connectivity index (χ1) is 14.5. The molecule has 0 aliphatic carbocycles. The SMILES string of the molecule is COc1ccc(NC(=O)CSc2nnc(NC(=O)c3ccccc3Br)s2)cc1OC. The molecule has 0 unspecified atom stereocenters. The zero-order chi connectivity index (χ0) is 21.5. The van der Waals surface area contributed by atoms with Gasteiger partial charge in [0.1, 0.15) is 0 Å². The quantitative estimate of drug-likeness (QED) is 0.345. The molecule has 1 aromatic heterocycles. The first kappa shape index (κ1) is 22.1. The summed E-state index contributed by atoms with van der Waals surface area (Å²) < 4.78 is 11.7. The number of nitrogens with zero attached hydrogens (tertiary/aromatic N) is 2. The number of nitrogens with one attached hydrogen (secondary N) is 2. The molecule has 0 fully saturated rings. The Labute approximate surface area is 189 Å². The third-order valence-corrected chi connectivity index (χ3v) is 6.40. The van der Waals surface area contributed by atoms with Crippen LogP contribution in [0.1, 0.15) is 10.4 Å². The second-order valence-electron chi connectivity index (χ2n) is 5.71. The van der Waals surface area contributed by atoms with Crippen molar-refractivity contribution in [2.24, 2.45) is 0 Å². The van der Waals surface area contributed by atoms with Gasteiger partial charge in [-0.15, -0.1) is 10.2 Å². The lowest BCUT2D eigenvalue weighted by atomic mass is 10.2. The predicted octanol–water partition coefficient (Wildman–Crippen LogP) is 4.30. The smallest absolute Gasteiger partial charge is 0.258 e. The first-order valence-corrected chi connectivity index (χ1v) is 11.1. The van der Waals surface area contributed by atoms with Crippen LogP contribution in [0.3, 0.4) is 0 Å². The third kappa shape index (κ3) is 5.71. The summed E-state index contributed by atoms with van der Waals surface area (Å²) in [7, 11) is 3.08. The van der Waals surface area contributed by atoms with Crippen LogP contribution in [0.2, 0.25) is 0 Å². The van der Waals surface area contributed by atoms with Gasteiger partial charge >= 0.3 is 0 Å². The number of amides is 2. The van der Waals surface area contributed by atoms with Crippen LogP contribution in [0.5, 0.6) is 11.5 Å². The van der Waals surface area contributed by atoms with Crippen LogP contribution in [0.25, 0.3) is 0 Å². The minimum Gasteiger partial charge on any atom is -0.493 e. The Morgan fingerprint density at radius 1 is 1.07 bits per heavy atom. The lowest BCUT2D eigenvalue weighted by Gasteiger charge is -2.10. The Hall–Kier alpha value is -2.63. The van der Waals surface area contributed by atoms with Crippen LogP contribution < -0.4 is 20.1 Å². The molecular formula is C19H17BrN4O4S2. The summed E-state index contributed by atoms with van der Waals surface area (Å²) in [5.41, 5.74) is 1.09. The second kappa shape index (κ2) is 10.4. The fraction of sp³-hybridized carbons (Fsp3) is 0.158. The maximum atomic E-state index is 12.3. The molecule has 156 valence electrons. The molecule has 0 saturated heterocycles. The summed E-state index contributed by atoms with van der Waals surface area (Å²) >= 11 is 5.77. The summed E-state index contributed by atoms with van der Waals surface area (Å²) in [5, 5.41) is 13.8. The lowest BCUT2D eigenvalue weighted by molar-refractivity contribution is -0.113. The Morgan fingerprint density at radius 3 is 2.57 bits per heavy atom. The molecule has 0 atom stereocenters. The number of ether oxygens (including phenoxy) is 2. The van der Waals surface area contributed by atoms with Gasteiger partial charge in [0.2, 0.25) is 11.0 Å². The van der Waals surface area contributed by atoms with E-state index in [9.17, 15) is 9.59 Å². The van der Waals surface area contributed by atoms with Crippen molar-refractivity contribution in [3.8, 4) is 11.5 Å². The van der Waals surface area contributed by atoms with Gasteiger partial charge in [0.25, 0.3) is 5.91 Å². The third-order valence-electron chi connectivity index (χ3n) is 3.74. The molecule has 1 heterocycles. The summed E-state index contributed by atoms with van der Waals surface area (Å²) in [6.07, 6.45) is 0. The van der Waals surface area contributed by atoms with E-state index < -0.39 is 0 Å². The summed E-state index contributed by atoms with van der Waals surface area (Å²) in [6.45, 7) is 0. The van der Waals surface area contributed by atoms with Gasteiger partial charge in [-0.2, -0.15) is 0 Å². The van der Waals surface area contributed by atoms with Crippen molar-refractivity contribution in [1.82, 2.24) is 10.2 Å². The maximum absolute atomic E-state index is 12.3. The van der Waals surface area contributed by atoms with Gasteiger partial charge in [-0.3, -0.25) is 14.9 Å². The molecule has 8 nitrogen and oxygen atoms in total. The number of aromatic nitrogens is 2. The first-order valence-electron chi connectivity index (χ1n) is 8.54. The normalized spacial score (nSPS) is 10.4. The number of methoxy groups -OCH3 is 2. The molecule has 11 heteroatoms. The number of rotatable bonds is 8. The molecular weight excluding hydrogens is 492 g/mol. The maximum Gasteiger partial charge on any atom is 0.258 e. The van der Waals surface area contributed by atoms with Crippen LogP contribution in [-0.2, 0) is 4.79 Å². The van der Waals surface area contributed by atoms with Gasteiger partial charge in [0, 0.05) is 16.2 Å². The molecule has 2 N–H and O–H groups in total. The Balaban J connectivity index is 1.53. The van der Waals surface area contributed by atoms with Crippen molar-refractivity contribution < 1.29 is 19.1 Å². The molecule has 2 aromatic carbocycles. The number of thioether (sulfide) groups is 1. The minimum atomic E-state index is -0.290. The van der Waals surface area contributed by atoms with E-state index >= 15 is 0 Å². The highest BCUT2D eigenvalue weighted by Crippen LogP contribution is 2.30. The van der Waals surface area contributed by atoms with E-state index in [0.717, 1.165) is 0 Å². The van der Waals surface area contributed by atoms with E-state index in [1.165, 1.54) is 30.2 Å². The van der Waals surface area contributed by atoms with Crippen molar-refractivity contribution in [3.05, 3.63) is 52.5 Å². The number of benzene rings is 2. The highest BCUT2D eigenvalue weighted by atomic mass is 79.9.